The molecule has 0 spiro atoms. The van der Waals surface area contributed by atoms with Crippen LogP contribution >= 0.6 is 0 Å². The molecule has 90 valence electrons. The molecule has 0 aliphatic carbocycles. The second-order valence-corrected chi connectivity index (χ2v) is 5.47. The molecule has 2 atom stereocenters. The fourth-order valence-electron chi connectivity index (χ4n) is 1.09. The van der Waals surface area contributed by atoms with Gasteiger partial charge in [0.2, 0.25) is 5.91 Å². The lowest BCUT2D eigenvalue weighted by Crippen LogP contribution is -2.32. The maximum Gasteiger partial charge on any atom is 0.232 e. The Morgan fingerprint density at radius 2 is 2.20 bits per heavy atom. The predicted molar refractivity (Wildman–Crippen MR) is 64.1 cm³/mol. The highest BCUT2D eigenvalue weighted by atomic mass is 32.2. The van der Waals surface area contributed by atoms with Gasteiger partial charge in [0.05, 0.1) is 0 Å². The third-order valence-electron chi connectivity index (χ3n) is 2.15. The Morgan fingerprint density at radius 1 is 1.53 bits per heavy atom. The minimum Gasteiger partial charge on any atom is -0.355 e. The Labute approximate surface area is 94.4 Å². The van der Waals surface area contributed by atoms with Crippen LogP contribution in [0.2, 0.25) is 0 Å². The SMILES string of the molecule is CCCCNC(=O)CS(=O)C(C)CCN. The zero-order valence-electron chi connectivity index (χ0n) is 9.62. The topological polar surface area (TPSA) is 72.2 Å². The van der Waals surface area contributed by atoms with E-state index in [1.54, 1.807) is 0 Å². The smallest absolute Gasteiger partial charge is 0.232 e. The summed E-state index contributed by atoms with van der Waals surface area (Å²) in [7, 11) is -1.09. The minimum absolute atomic E-state index is 0.00641. The van der Waals surface area contributed by atoms with Gasteiger partial charge in [-0.25, -0.2) is 0 Å². The van der Waals surface area contributed by atoms with Gasteiger partial charge in [-0.3, -0.25) is 9.00 Å². The maximum absolute atomic E-state index is 11.6. The van der Waals surface area contributed by atoms with Gasteiger partial charge >= 0.3 is 0 Å². The Kier molecular flexibility index (Phi) is 8.61. The summed E-state index contributed by atoms with van der Waals surface area (Å²) in [5.74, 6) is -0.0177. The van der Waals surface area contributed by atoms with Crippen LogP contribution < -0.4 is 11.1 Å². The molecule has 0 aromatic rings. The molecule has 0 rings (SSSR count). The van der Waals surface area contributed by atoms with Gasteiger partial charge in [-0.05, 0) is 19.4 Å². The second kappa shape index (κ2) is 8.85. The van der Waals surface area contributed by atoms with E-state index in [0.717, 1.165) is 12.8 Å². The summed E-state index contributed by atoms with van der Waals surface area (Å²) in [4.78, 5) is 11.3. The van der Waals surface area contributed by atoms with Crippen molar-refractivity contribution < 1.29 is 9.00 Å². The first-order valence-corrected chi connectivity index (χ1v) is 6.84. The average Bonchev–Trinajstić information content (AvgIpc) is 2.18. The summed E-state index contributed by atoms with van der Waals surface area (Å²) in [6.45, 7) is 5.12. The molecule has 0 saturated carbocycles. The highest BCUT2D eigenvalue weighted by Crippen LogP contribution is 2.00. The molecule has 0 radical (unpaired) electrons. The highest BCUT2D eigenvalue weighted by Gasteiger charge is 2.13. The zero-order valence-corrected chi connectivity index (χ0v) is 10.4. The molecule has 0 heterocycles. The van der Waals surface area contributed by atoms with Crippen LogP contribution in [0.4, 0.5) is 0 Å². The van der Waals surface area contributed by atoms with Crippen LogP contribution in [0.15, 0.2) is 0 Å². The first-order valence-electron chi connectivity index (χ1n) is 5.45. The van der Waals surface area contributed by atoms with E-state index in [4.69, 9.17) is 5.73 Å². The van der Waals surface area contributed by atoms with Gasteiger partial charge in [0, 0.05) is 22.6 Å². The first kappa shape index (κ1) is 14.6. The number of hydrogen-bond donors (Lipinski definition) is 2. The van der Waals surface area contributed by atoms with E-state index in [-0.39, 0.29) is 16.9 Å². The van der Waals surface area contributed by atoms with Crippen molar-refractivity contribution >= 4 is 16.7 Å². The van der Waals surface area contributed by atoms with Crippen LogP contribution in [0.3, 0.4) is 0 Å². The van der Waals surface area contributed by atoms with Gasteiger partial charge in [0.15, 0.2) is 0 Å². The number of rotatable bonds is 8. The molecule has 0 aliphatic rings. The lowest BCUT2D eigenvalue weighted by molar-refractivity contribution is -0.118. The largest absolute Gasteiger partial charge is 0.355 e. The van der Waals surface area contributed by atoms with E-state index >= 15 is 0 Å². The minimum atomic E-state index is -1.09. The van der Waals surface area contributed by atoms with E-state index in [1.165, 1.54) is 0 Å². The van der Waals surface area contributed by atoms with Crippen LogP contribution in [0.5, 0.6) is 0 Å². The summed E-state index contributed by atoms with van der Waals surface area (Å²) in [6, 6.07) is 0. The Balaban J connectivity index is 3.70. The van der Waals surface area contributed by atoms with Crippen LogP contribution in [0.25, 0.3) is 0 Å². The zero-order chi connectivity index (χ0) is 11.7. The van der Waals surface area contributed by atoms with Crippen molar-refractivity contribution in [3.05, 3.63) is 0 Å². The Morgan fingerprint density at radius 3 is 2.73 bits per heavy atom. The third-order valence-corrected chi connectivity index (χ3v) is 3.83. The highest BCUT2D eigenvalue weighted by molar-refractivity contribution is 7.86. The van der Waals surface area contributed by atoms with Gasteiger partial charge in [0.1, 0.15) is 5.75 Å². The molecule has 5 heteroatoms. The van der Waals surface area contributed by atoms with Gasteiger partial charge in [-0.15, -0.1) is 0 Å². The number of carbonyl (C=O) groups excluding carboxylic acids is 1. The molecule has 0 aromatic carbocycles. The molecule has 0 saturated heterocycles. The molecule has 4 nitrogen and oxygen atoms in total. The van der Waals surface area contributed by atoms with E-state index in [1.807, 2.05) is 6.92 Å². The summed E-state index contributed by atoms with van der Waals surface area (Å²) in [5, 5.41) is 2.75. The van der Waals surface area contributed by atoms with Crippen molar-refractivity contribution in [3.63, 3.8) is 0 Å². The quantitative estimate of drug-likeness (QED) is 0.597. The summed E-state index contributed by atoms with van der Waals surface area (Å²) < 4.78 is 11.6. The molecule has 0 bridgehead atoms. The number of carbonyl (C=O) groups is 1. The molecular weight excluding hydrogens is 212 g/mol. The third kappa shape index (κ3) is 7.50. The van der Waals surface area contributed by atoms with Crippen LogP contribution in [0, 0.1) is 0 Å². The van der Waals surface area contributed by atoms with Gasteiger partial charge < -0.3 is 11.1 Å². The molecule has 0 aromatic heterocycles. The number of amides is 1. The first-order chi connectivity index (χ1) is 7.11. The number of unbranched alkanes of at least 4 members (excludes halogenated alkanes) is 1. The van der Waals surface area contributed by atoms with E-state index in [9.17, 15) is 9.00 Å². The van der Waals surface area contributed by atoms with Crippen molar-refractivity contribution in [1.29, 1.82) is 0 Å². The van der Waals surface area contributed by atoms with Crippen LogP contribution in [0.1, 0.15) is 33.1 Å². The van der Waals surface area contributed by atoms with Crippen molar-refractivity contribution in [2.45, 2.75) is 38.4 Å². The lowest BCUT2D eigenvalue weighted by atomic mass is 10.3. The van der Waals surface area contributed by atoms with Crippen LogP contribution in [-0.4, -0.2) is 34.2 Å². The summed E-state index contributed by atoms with van der Waals surface area (Å²) in [6.07, 6.45) is 2.72. The monoisotopic (exact) mass is 234 g/mol. The fraction of sp³-hybridized carbons (Fsp3) is 0.900. The molecule has 0 fully saturated rings. The molecular formula is C10H22N2O2S. The average molecular weight is 234 g/mol. The molecule has 15 heavy (non-hydrogen) atoms. The normalized spacial score (nSPS) is 14.6. The lowest BCUT2D eigenvalue weighted by Gasteiger charge is -2.09. The second-order valence-electron chi connectivity index (χ2n) is 3.62. The Hall–Kier alpha value is -0.420. The van der Waals surface area contributed by atoms with Crippen molar-refractivity contribution in [2.75, 3.05) is 18.8 Å². The number of hydrogen-bond acceptors (Lipinski definition) is 3. The van der Waals surface area contributed by atoms with E-state index in [0.29, 0.717) is 19.5 Å². The molecule has 1 amide bonds. The fourth-order valence-corrected chi connectivity index (χ4v) is 2.14. The van der Waals surface area contributed by atoms with Gasteiger partial charge in [-0.1, -0.05) is 20.3 Å². The standard InChI is InChI=1S/C10H22N2O2S/c1-3-4-7-12-10(13)8-15(14)9(2)5-6-11/h9H,3-8,11H2,1-2H3,(H,12,13). The van der Waals surface area contributed by atoms with Crippen molar-refractivity contribution in [1.82, 2.24) is 5.32 Å². The number of nitrogens with two attached hydrogens (primary N) is 1. The van der Waals surface area contributed by atoms with E-state index in [2.05, 4.69) is 12.2 Å². The molecule has 0 aliphatic heterocycles. The molecule has 2 unspecified atom stereocenters. The van der Waals surface area contributed by atoms with Gasteiger partial charge in [0.25, 0.3) is 0 Å². The Bertz CT molecular complexity index is 210. The summed E-state index contributed by atoms with van der Waals surface area (Å²) >= 11 is 0. The molecule has 3 N–H and O–H groups in total. The summed E-state index contributed by atoms with van der Waals surface area (Å²) in [5.41, 5.74) is 5.36. The van der Waals surface area contributed by atoms with Crippen LogP contribution in [-0.2, 0) is 15.6 Å². The van der Waals surface area contributed by atoms with Crippen molar-refractivity contribution in [2.24, 2.45) is 5.73 Å². The van der Waals surface area contributed by atoms with Crippen molar-refractivity contribution in [3.8, 4) is 0 Å². The van der Waals surface area contributed by atoms with Gasteiger partial charge in [-0.2, -0.15) is 0 Å². The number of nitrogens with one attached hydrogen (secondary N) is 1. The van der Waals surface area contributed by atoms with E-state index < -0.39 is 10.8 Å². The predicted octanol–water partition coefficient (Wildman–Crippen LogP) is 0.389. The maximum atomic E-state index is 11.6.